The lowest BCUT2D eigenvalue weighted by Crippen LogP contribution is -2.11. The van der Waals surface area contributed by atoms with Crippen molar-refractivity contribution in [3.8, 4) is 17.1 Å². The Balaban J connectivity index is 1.64. The van der Waals surface area contributed by atoms with Crippen molar-refractivity contribution in [2.45, 2.75) is 39.7 Å². The fourth-order valence-corrected chi connectivity index (χ4v) is 3.60. The van der Waals surface area contributed by atoms with Crippen LogP contribution in [0.25, 0.3) is 22.4 Å². The van der Waals surface area contributed by atoms with E-state index in [1.54, 1.807) is 0 Å². The summed E-state index contributed by atoms with van der Waals surface area (Å²) in [7, 11) is 0. The molecule has 0 amide bonds. The van der Waals surface area contributed by atoms with Crippen molar-refractivity contribution < 1.29 is 4.74 Å². The number of fused-ring (bicyclic) bond motifs is 1. The second-order valence-electron chi connectivity index (χ2n) is 8.57. The van der Waals surface area contributed by atoms with Crippen LogP contribution in [0.15, 0.2) is 72.8 Å². The first-order valence-corrected chi connectivity index (χ1v) is 10.2. The molecule has 0 saturated carbocycles. The number of aryl methyl sites for hydroxylation is 1. The van der Waals surface area contributed by atoms with Crippen molar-refractivity contribution in [2.75, 3.05) is 6.61 Å². The SMILES string of the molecule is Cc1cccc(OCCn2c(-c3ccc(C(C)(C)C)cc3)nc3ccccc32)c1. The molecule has 1 heterocycles. The van der Waals surface area contributed by atoms with Gasteiger partial charge in [0.25, 0.3) is 0 Å². The molecule has 3 nitrogen and oxygen atoms in total. The molecule has 29 heavy (non-hydrogen) atoms. The molecule has 4 rings (SSSR count). The fraction of sp³-hybridized carbons (Fsp3) is 0.269. The summed E-state index contributed by atoms with van der Waals surface area (Å²) >= 11 is 0. The minimum atomic E-state index is 0.139. The van der Waals surface area contributed by atoms with Crippen LogP contribution in [-0.2, 0) is 12.0 Å². The normalized spacial score (nSPS) is 11.7. The topological polar surface area (TPSA) is 27.1 Å². The average molecular weight is 385 g/mol. The Bertz CT molecular complexity index is 1120. The summed E-state index contributed by atoms with van der Waals surface area (Å²) in [5, 5.41) is 0. The monoisotopic (exact) mass is 384 g/mol. The number of imidazole rings is 1. The van der Waals surface area contributed by atoms with Crippen LogP contribution < -0.4 is 4.74 Å². The standard InChI is InChI=1S/C26H28N2O/c1-19-8-7-9-22(18-19)29-17-16-28-24-11-6-5-10-23(24)27-25(28)20-12-14-21(15-13-20)26(2,3)4/h5-15,18H,16-17H2,1-4H3. The van der Waals surface area contributed by atoms with Crippen LogP contribution in [-0.4, -0.2) is 16.2 Å². The van der Waals surface area contributed by atoms with Gasteiger partial charge in [-0.05, 0) is 47.7 Å². The van der Waals surface area contributed by atoms with Gasteiger partial charge in [-0.3, -0.25) is 0 Å². The fourth-order valence-electron chi connectivity index (χ4n) is 3.60. The molecular weight excluding hydrogens is 356 g/mol. The molecule has 0 aliphatic rings. The lowest BCUT2D eigenvalue weighted by atomic mass is 9.87. The molecule has 3 heteroatoms. The van der Waals surface area contributed by atoms with Crippen molar-refractivity contribution >= 4 is 11.0 Å². The van der Waals surface area contributed by atoms with E-state index in [2.05, 4.69) is 86.9 Å². The summed E-state index contributed by atoms with van der Waals surface area (Å²) in [4.78, 5) is 4.92. The van der Waals surface area contributed by atoms with Crippen LogP contribution in [0, 0.1) is 6.92 Å². The quantitative estimate of drug-likeness (QED) is 0.399. The molecule has 0 unspecified atom stereocenters. The summed E-state index contributed by atoms with van der Waals surface area (Å²) in [6.45, 7) is 10.1. The first-order valence-electron chi connectivity index (χ1n) is 10.2. The van der Waals surface area contributed by atoms with Crippen LogP contribution in [0.5, 0.6) is 5.75 Å². The van der Waals surface area contributed by atoms with E-state index in [-0.39, 0.29) is 5.41 Å². The highest BCUT2D eigenvalue weighted by Crippen LogP contribution is 2.28. The Morgan fingerprint density at radius 1 is 0.897 bits per heavy atom. The molecular formula is C26H28N2O. The van der Waals surface area contributed by atoms with Crippen molar-refractivity contribution in [3.05, 3.63) is 83.9 Å². The summed E-state index contributed by atoms with van der Waals surface area (Å²) in [5.41, 5.74) is 5.94. The zero-order valence-electron chi connectivity index (χ0n) is 17.6. The molecule has 3 aromatic carbocycles. The highest BCUT2D eigenvalue weighted by Gasteiger charge is 2.16. The number of para-hydroxylation sites is 2. The predicted molar refractivity (Wildman–Crippen MR) is 121 cm³/mol. The van der Waals surface area contributed by atoms with Crippen molar-refractivity contribution in [1.82, 2.24) is 9.55 Å². The lowest BCUT2D eigenvalue weighted by Gasteiger charge is -2.19. The maximum absolute atomic E-state index is 6.02. The number of nitrogens with zero attached hydrogens (tertiary/aromatic N) is 2. The molecule has 0 saturated heterocycles. The molecule has 0 fully saturated rings. The van der Waals surface area contributed by atoms with E-state index in [0.29, 0.717) is 6.61 Å². The smallest absolute Gasteiger partial charge is 0.141 e. The van der Waals surface area contributed by atoms with Crippen LogP contribution in [0.4, 0.5) is 0 Å². The average Bonchev–Trinajstić information content (AvgIpc) is 3.06. The molecule has 4 aromatic rings. The van der Waals surface area contributed by atoms with Crippen LogP contribution in [0.1, 0.15) is 31.9 Å². The van der Waals surface area contributed by atoms with Crippen molar-refractivity contribution in [3.63, 3.8) is 0 Å². The zero-order valence-corrected chi connectivity index (χ0v) is 17.6. The molecule has 0 N–H and O–H groups in total. The Morgan fingerprint density at radius 2 is 1.66 bits per heavy atom. The van der Waals surface area contributed by atoms with E-state index in [9.17, 15) is 0 Å². The third-order valence-electron chi connectivity index (χ3n) is 5.24. The first-order chi connectivity index (χ1) is 13.9. The maximum atomic E-state index is 6.02. The molecule has 0 aliphatic heterocycles. The Kier molecular flexibility index (Phi) is 5.14. The molecule has 0 aliphatic carbocycles. The van der Waals surface area contributed by atoms with Gasteiger partial charge in [-0.1, -0.05) is 69.3 Å². The van der Waals surface area contributed by atoms with E-state index in [1.807, 2.05) is 18.2 Å². The van der Waals surface area contributed by atoms with Gasteiger partial charge < -0.3 is 9.30 Å². The van der Waals surface area contributed by atoms with E-state index >= 15 is 0 Å². The largest absolute Gasteiger partial charge is 0.492 e. The number of rotatable bonds is 5. The number of benzene rings is 3. The van der Waals surface area contributed by atoms with Crippen molar-refractivity contribution in [2.24, 2.45) is 0 Å². The maximum Gasteiger partial charge on any atom is 0.141 e. The van der Waals surface area contributed by atoms with Gasteiger partial charge >= 0.3 is 0 Å². The van der Waals surface area contributed by atoms with Gasteiger partial charge in [0.05, 0.1) is 17.6 Å². The van der Waals surface area contributed by atoms with Gasteiger partial charge in [0, 0.05) is 5.56 Å². The highest BCUT2D eigenvalue weighted by molar-refractivity contribution is 5.80. The van der Waals surface area contributed by atoms with Crippen molar-refractivity contribution in [1.29, 1.82) is 0 Å². The first kappa shape index (κ1) is 19.3. The van der Waals surface area contributed by atoms with Gasteiger partial charge in [-0.15, -0.1) is 0 Å². The Labute approximate surface area is 173 Å². The van der Waals surface area contributed by atoms with Gasteiger partial charge in [0.15, 0.2) is 0 Å². The van der Waals surface area contributed by atoms with Crippen LogP contribution >= 0.6 is 0 Å². The number of hydrogen-bond acceptors (Lipinski definition) is 2. The third-order valence-corrected chi connectivity index (χ3v) is 5.24. The second-order valence-corrected chi connectivity index (χ2v) is 8.57. The van der Waals surface area contributed by atoms with E-state index in [1.165, 1.54) is 11.1 Å². The zero-order chi connectivity index (χ0) is 20.4. The molecule has 0 radical (unpaired) electrons. The molecule has 148 valence electrons. The molecule has 0 spiro atoms. The van der Waals surface area contributed by atoms with E-state index in [4.69, 9.17) is 9.72 Å². The second kappa shape index (κ2) is 7.75. The molecule has 0 bridgehead atoms. The van der Waals surface area contributed by atoms with Gasteiger partial charge in [-0.25, -0.2) is 4.98 Å². The number of hydrogen-bond donors (Lipinski definition) is 0. The van der Waals surface area contributed by atoms with E-state index < -0.39 is 0 Å². The number of aromatic nitrogens is 2. The summed E-state index contributed by atoms with van der Waals surface area (Å²) in [6.07, 6.45) is 0. The van der Waals surface area contributed by atoms with Gasteiger partial charge in [0.1, 0.15) is 18.2 Å². The Morgan fingerprint density at radius 3 is 2.38 bits per heavy atom. The van der Waals surface area contributed by atoms with Gasteiger partial charge in [0.2, 0.25) is 0 Å². The Hall–Kier alpha value is -3.07. The minimum absolute atomic E-state index is 0.139. The van der Waals surface area contributed by atoms with Gasteiger partial charge in [-0.2, -0.15) is 0 Å². The molecule has 0 atom stereocenters. The summed E-state index contributed by atoms with van der Waals surface area (Å²) in [5.74, 6) is 1.89. The highest BCUT2D eigenvalue weighted by atomic mass is 16.5. The minimum Gasteiger partial charge on any atom is -0.492 e. The summed E-state index contributed by atoms with van der Waals surface area (Å²) < 4.78 is 8.28. The third kappa shape index (κ3) is 4.19. The number of ether oxygens (including phenoxy) is 1. The van der Waals surface area contributed by atoms with Crippen LogP contribution in [0.3, 0.4) is 0 Å². The lowest BCUT2D eigenvalue weighted by molar-refractivity contribution is 0.300. The predicted octanol–water partition coefficient (Wildman–Crippen LogP) is 6.39. The summed E-state index contributed by atoms with van der Waals surface area (Å²) in [6, 6.07) is 25.3. The molecule has 1 aromatic heterocycles. The van der Waals surface area contributed by atoms with E-state index in [0.717, 1.165) is 34.7 Å². The van der Waals surface area contributed by atoms with Crippen LogP contribution in [0.2, 0.25) is 0 Å².